The molecule has 0 unspecified atom stereocenters. The Balaban J connectivity index is 1.88. The number of carbonyl (C=O) groups is 1. The number of fused-ring (bicyclic) bond motifs is 1. The van der Waals surface area contributed by atoms with Gasteiger partial charge in [-0.3, -0.25) is 9.69 Å². The van der Waals surface area contributed by atoms with Crippen LogP contribution in [0.3, 0.4) is 0 Å². The van der Waals surface area contributed by atoms with Crippen LogP contribution in [0.5, 0.6) is 0 Å². The zero-order valence-electron chi connectivity index (χ0n) is 12.4. The van der Waals surface area contributed by atoms with Crippen LogP contribution in [-0.4, -0.2) is 30.6 Å². The van der Waals surface area contributed by atoms with Crippen molar-refractivity contribution in [2.24, 2.45) is 0 Å². The van der Waals surface area contributed by atoms with E-state index in [9.17, 15) is 4.79 Å². The van der Waals surface area contributed by atoms with E-state index in [0.717, 1.165) is 32.4 Å². The Morgan fingerprint density at radius 1 is 1.19 bits per heavy atom. The van der Waals surface area contributed by atoms with Crippen molar-refractivity contribution < 1.29 is 9.53 Å². The number of hydrogen-bond donors (Lipinski definition) is 0. The Kier molecular flexibility index (Phi) is 4.20. The van der Waals surface area contributed by atoms with Gasteiger partial charge in [-0.1, -0.05) is 48.9 Å². The van der Waals surface area contributed by atoms with E-state index in [-0.39, 0.29) is 12.0 Å². The van der Waals surface area contributed by atoms with Crippen LogP contribution in [0, 0.1) is 0 Å². The molecule has 3 rings (SSSR count). The van der Waals surface area contributed by atoms with Gasteiger partial charge in [-0.15, -0.1) is 0 Å². The number of esters is 1. The number of piperidine rings is 1. The summed E-state index contributed by atoms with van der Waals surface area (Å²) in [6.07, 6.45) is 3.15. The minimum Gasteiger partial charge on any atom is -0.468 e. The molecule has 3 nitrogen and oxygen atoms in total. The van der Waals surface area contributed by atoms with Crippen molar-refractivity contribution in [2.75, 3.05) is 13.7 Å². The van der Waals surface area contributed by atoms with Crippen molar-refractivity contribution in [3.05, 3.63) is 48.0 Å². The molecule has 2 aromatic rings. The topological polar surface area (TPSA) is 29.5 Å². The molecule has 0 N–H and O–H groups in total. The van der Waals surface area contributed by atoms with Crippen LogP contribution in [0.25, 0.3) is 10.8 Å². The van der Waals surface area contributed by atoms with Crippen LogP contribution >= 0.6 is 0 Å². The van der Waals surface area contributed by atoms with E-state index in [1.54, 1.807) is 0 Å². The van der Waals surface area contributed by atoms with Crippen molar-refractivity contribution in [1.29, 1.82) is 0 Å². The number of rotatable bonds is 3. The van der Waals surface area contributed by atoms with Crippen LogP contribution in [0.2, 0.25) is 0 Å². The summed E-state index contributed by atoms with van der Waals surface area (Å²) >= 11 is 0. The fraction of sp³-hybridized carbons (Fsp3) is 0.389. The van der Waals surface area contributed by atoms with E-state index in [1.165, 1.54) is 23.4 Å². The number of carbonyl (C=O) groups excluding carboxylic acids is 1. The highest BCUT2D eigenvalue weighted by molar-refractivity contribution is 5.85. The lowest BCUT2D eigenvalue weighted by molar-refractivity contribution is -0.148. The van der Waals surface area contributed by atoms with Crippen LogP contribution in [0.1, 0.15) is 24.8 Å². The number of hydrogen-bond acceptors (Lipinski definition) is 3. The molecule has 0 aromatic heterocycles. The van der Waals surface area contributed by atoms with Crippen molar-refractivity contribution in [1.82, 2.24) is 4.90 Å². The summed E-state index contributed by atoms with van der Waals surface area (Å²) in [5, 5.41) is 2.52. The number of benzene rings is 2. The standard InChI is InChI=1S/C18H21NO2/c1-21-18(20)17-11-4-5-12-19(17)13-15-9-6-8-14-7-2-3-10-16(14)15/h2-3,6-10,17H,4-5,11-13H2,1H3/t17-/m1/s1. The van der Waals surface area contributed by atoms with Gasteiger partial charge in [-0.05, 0) is 35.7 Å². The van der Waals surface area contributed by atoms with Crippen LogP contribution in [0.4, 0.5) is 0 Å². The Morgan fingerprint density at radius 3 is 2.86 bits per heavy atom. The van der Waals surface area contributed by atoms with Crippen molar-refractivity contribution in [3.8, 4) is 0 Å². The molecule has 3 heteroatoms. The second-order valence-electron chi connectivity index (χ2n) is 5.64. The minimum absolute atomic E-state index is 0.0947. The summed E-state index contributed by atoms with van der Waals surface area (Å²) in [6.45, 7) is 1.77. The van der Waals surface area contributed by atoms with E-state index in [1.807, 2.05) is 0 Å². The summed E-state index contributed by atoms with van der Waals surface area (Å²) in [6, 6.07) is 14.7. The predicted octanol–water partition coefficient (Wildman–Crippen LogP) is 3.37. The molecule has 1 atom stereocenters. The SMILES string of the molecule is COC(=O)[C@H]1CCCCN1Cc1cccc2ccccc12. The second kappa shape index (κ2) is 6.27. The maximum Gasteiger partial charge on any atom is 0.323 e. The molecule has 0 saturated carbocycles. The Labute approximate surface area is 125 Å². The first-order valence-corrected chi connectivity index (χ1v) is 7.58. The summed E-state index contributed by atoms with van der Waals surface area (Å²) in [4.78, 5) is 14.2. The molecule has 2 aromatic carbocycles. The molecule has 1 fully saturated rings. The van der Waals surface area contributed by atoms with Gasteiger partial charge in [0.05, 0.1) is 7.11 Å². The minimum atomic E-state index is -0.102. The number of nitrogens with zero attached hydrogens (tertiary/aromatic N) is 1. The molecule has 0 spiro atoms. The molecular weight excluding hydrogens is 262 g/mol. The summed E-state index contributed by atoms with van der Waals surface area (Å²) in [5.41, 5.74) is 1.28. The van der Waals surface area contributed by atoms with Gasteiger partial charge in [-0.25, -0.2) is 0 Å². The quantitative estimate of drug-likeness (QED) is 0.809. The van der Waals surface area contributed by atoms with Gasteiger partial charge in [0, 0.05) is 6.54 Å². The van der Waals surface area contributed by atoms with Gasteiger partial charge in [0.2, 0.25) is 0 Å². The molecule has 21 heavy (non-hydrogen) atoms. The third-order valence-electron chi connectivity index (χ3n) is 4.34. The number of ether oxygens (including phenoxy) is 1. The fourth-order valence-corrected chi connectivity index (χ4v) is 3.23. The fourth-order valence-electron chi connectivity index (χ4n) is 3.23. The first kappa shape index (κ1) is 14.1. The van der Waals surface area contributed by atoms with E-state index in [0.29, 0.717) is 0 Å². The van der Waals surface area contributed by atoms with Crippen molar-refractivity contribution >= 4 is 16.7 Å². The lowest BCUT2D eigenvalue weighted by Crippen LogP contribution is -2.44. The summed E-state index contributed by atoms with van der Waals surface area (Å²) < 4.78 is 4.96. The maximum absolute atomic E-state index is 12.0. The maximum atomic E-state index is 12.0. The van der Waals surface area contributed by atoms with Gasteiger partial charge >= 0.3 is 5.97 Å². The highest BCUT2D eigenvalue weighted by Crippen LogP contribution is 2.24. The Bertz CT molecular complexity index is 633. The first-order chi connectivity index (χ1) is 10.3. The van der Waals surface area contributed by atoms with E-state index in [4.69, 9.17) is 4.74 Å². The molecule has 1 heterocycles. The molecule has 1 saturated heterocycles. The molecule has 0 bridgehead atoms. The third kappa shape index (κ3) is 2.93. The monoisotopic (exact) mass is 283 g/mol. The van der Waals surface area contributed by atoms with Crippen LogP contribution in [0.15, 0.2) is 42.5 Å². The van der Waals surface area contributed by atoms with Gasteiger partial charge in [0.15, 0.2) is 0 Å². The predicted molar refractivity (Wildman–Crippen MR) is 84.0 cm³/mol. The average Bonchev–Trinajstić information content (AvgIpc) is 2.55. The Hall–Kier alpha value is -1.87. The summed E-state index contributed by atoms with van der Waals surface area (Å²) in [5.74, 6) is -0.102. The van der Waals surface area contributed by atoms with Gasteiger partial charge in [0.25, 0.3) is 0 Å². The number of methoxy groups -OCH3 is 1. The average molecular weight is 283 g/mol. The lowest BCUT2D eigenvalue weighted by Gasteiger charge is -2.33. The first-order valence-electron chi connectivity index (χ1n) is 7.58. The van der Waals surface area contributed by atoms with Gasteiger partial charge in [-0.2, -0.15) is 0 Å². The largest absolute Gasteiger partial charge is 0.468 e. The van der Waals surface area contributed by atoms with Gasteiger partial charge < -0.3 is 4.74 Å². The summed E-state index contributed by atoms with van der Waals surface area (Å²) in [7, 11) is 1.48. The normalized spacial score (nSPS) is 19.6. The molecule has 0 aliphatic carbocycles. The Morgan fingerprint density at radius 2 is 2.00 bits per heavy atom. The van der Waals surface area contributed by atoms with Crippen molar-refractivity contribution in [2.45, 2.75) is 31.8 Å². The zero-order chi connectivity index (χ0) is 14.7. The number of likely N-dealkylation sites (tertiary alicyclic amines) is 1. The van der Waals surface area contributed by atoms with Crippen molar-refractivity contribution in [3.63, 3.8) is 0 Å². The van der Waals surface area contributed by atoms with Gasteiger partial charge in [0.1, 0.15) is 6.04 Å². The third-order valence-corrected chi connectivity index (χ3v) is 4.34. The molecular formula is C18H21NO2. The van der Waals surface area contributed by atoms with Crippen LogP contribution < -0.4 is 0 Å². The van der Waals surface area contributed by atoms with E-state index in [2.05, 4.69) is 47.4 Å². The molecule has 1 aliphatic rings. The molecule has 1 aliphatic heterocycles. The highest BCUT2D eigenvalue weighted by atomic mass is 16.5. The zero-order valence-corrected chi connectivity index (χ0v) is 12.4. The van der Waals surface area contributed by atoms with Crippen LogP contribution in [-0.2, 0) is 16.1 Å². The molecule has 0 radical (unpaired) electrons. The highest BCUT2D eigenvalue weighted by Gasteiger charge is 2.29. The molecule has 110 valence electrons. The smallest absolute Gasteiger partial charge is 0.323 e. The second-order valence-corrected chi connectivity index (χ2v) is 5.64. The lowest BCUT2D eigenvalue weighted by atomic mass is 9.99. The molecule has 0 amide bonds. The van der Waals surface area contributed by atoms with E-state index >= 15 is 0 Å². The van der Waals surface area contributed by atoms with E-state index < -0.39 is 0 Å².